The van der Waals surface area contributed by atoms with Crippen LogP contribution in [0.4, 0.5) is 11.4 Å². The SMILES string of the molecule is COc1ccc(OC)c(NC(=O)c2[nH]ncc2N)c1. The number of methoxy groups -OCH3 is 2. The molecule has 0 aliphatic carbocycles. The highest BCUT2D eigenvalue weighted by Gasteiger charge is 2.14. The number of rotatable bonds is 4. The van der Waals surface area contributed by atoms with Crippen LogP contribution in [0.25, 0.3) is 0 Å². The number of hydrogen-bond donors (Lipinski definition) is 3. The molecule has 2 aromatic rings. The highest BCUT2D eigenvalue weighted by atomic mass is 16.5. The summed E-state index contributed by atoms with van der Waals surface area (Å²) in [6.45, 7) is 0. The van der Waals surface area contributed by atoms with Crippen LogP contribution in [0.15, 0.2) is 24.4 Å². The molecule has 0 unspecified atom stereocenters. The third kappa shape index (κ3) is 2.59. The van der Waals surface area contributed by atoms with Crippen LogP contribution in [0.3, 0.4) is 0 Å². The zero-order valence-corrected chi connectivity index (χ0v) is 10.6. The molecule has 1 aromatic carbocycles. The first kappa shape index (κ1) is 12.7. The van der Waals surface area contributed by atoms with Crippen molar-refractivity contribution < 1.29 is 14.3 Å². The number of ether oxygens (including phenoxy) is 2. The van der Waals surface area contributed by atoms with E-state index in [1.54, 1.807) is 25.3 Å². The number of aromatic amines is 1. The van der Waals surface area contributed by atoms with Gasteiger partial charge in [-0.15, -0.1) is 0 Å². The minimum atomic E-state index is -0.401. The third-order valence-electron chi connectivity index (χ3n) is 2.55. The summed E-state index contributed by atoms with van der Waals surface area (Å²) in [6.07, 6.45) is 1.37. The molecule has 7 nitrogen and oxygen atoms in total. The zero-order valence-electron chi connectivity index (χ0n) is 10.6. The molecular weight excluding hydrogens is 248 g/mol. The molecule has 1 heterocycles. The molecule has 0 bridgehead atoms. The summed E-state index contributed by atoms with van der Waals surface area (Å²) in [5.41, 5.74) is 6.57. The maximum absolute atomic E-state index is 12.0. The number of carbonyl (C=O) groups is 1. The predicted octanol–water partition coefficient (Wildman–Crippen LogP) is 1.26. The number of nitrogens with one attached hydrogen (secondary N) is 2. The Balaban J connectivity index is 2.27. The van der Waals surface area contributed by atoms with Gasteiger partial charge in [-0.2, -0.15) is 5.10 Å². The molecule has 0 fully saturated rings. The number of nitrogens with two attached hydrogens (primary N) is 1. The zero-order chi connectivity index (χ0) is 13.8. The molecule has 0 spiro atoms. The van der Waals surface area contributed by atoms with Gasteiger partial charge in [0.1, 0.15) is 17.2 Å². The normalized spacial score (nSPS) is 10.0. The number of hydrogen-bond acceptors (Lipinski definition) is 5. The van der Waals surface area contributed by atoms with Crippen molar-refractivity contribution in [3.05, 3.63) is 30.1 Å². The summed E-state index contributed by atoms with van der Waals surface area (Å²) in [5, 5.41) is 8.91. The molecule has 1 amide bonds. The van der Waals surface area contributed by atoms with Crippen LogP contribution in [-0.2, 0) is 0 Å². The number of H-pyrrole nitrogens is 1. The van der Waals surface area contributed by atoms with Crippen molar-refractivity contribution in [3.8, 4) is 11.5 Å². The standard InChI is InChI=1S/C12H14N4O3/c1-18-7-3-4-10(19-2)9(5-7)15-12(17)11-8(13)6-14-16-11/h3-6H,13H2,1-2H3,(H,14,16)(H,15,17). The van der Waals surface area contributed by atoms with E-state index in [9.17, 15) is 4.79 Å². The average molecular weight is 262 g/mol. The number of nitrogen functional groups attached to an aromatic ring is 1. The Kier molecular flexibility index (Phi) is 3.56. The van der Waals surface area contributed by atoms with Crippen LogP contribution < -0.4 is 20.5 Å². The van der Waals surface area contributed by atoms with Crippen molar-refractivity contribution in [1.82, 2.24) is 10.2 Å². The van der Waals surface area contributed by atoms with E-state index in [0.29, 0.717) is 17.2 Å². The monoisotopic (exact) mass is 262 g/mol. The first-order valence-corrected chi connectivity index (χ1v) is 5.48. The average Bonchev–Trinajstić information content (AvgIpc) is 2.85. The summed E-state index contributed by atoms with van der Waals surface area (Å²) in [4.78, 5) is 12.0. The minimum Gasteiger partial charge on any atom is -0.497 e. The van der Waals surface area contributed by atoms with Gasteiger partial charge in [-0.3, -0.25) is 9.89 Å². The lowest BCUT2D eigenvalue weighted by molar-refractivity contribution is 0.102. The van der Waals surface area contributed by atoms with Gasteiger partial charge < -0.3 is 20.5 Å². The molecule has 0 aliphatic heterocycles. The van der Waals surface area contributed by atoms with Crippen LogP contribution in [0, 0.1) is 0 Å². The molecule has 0 radical (unpaired) electrons. The fourth-order valence-corrected chi connectivity index (χ4v) is 1.57. The Hall–Kier alpha value is -2.70. The number of amides is 1. The topological polar surface area (TPSA) is 102 Å². The van der Waals surface area contributed by atoms with Gasteiger partial charge in [0.25, 0.3) is 5.91 Å². The van der Waals surface area contributed by atoms with Gasteiger partial charge in [0, 0.05) is 6.07 Å². The second kappa shape index (κ2) is 5.30. The van der Waals surface area contributed by atoms with E-state index in [1.165, 1.54) is 13.3 Å². The number of anilines is 2. The Bertz CT molecular complexity index is 594. The minimum absolute atomic E-state index is 0.199. The van der Waals surface area contributed by atoms with Crippen LogP contribution in [0.2, 0.25) is 0 Å². The van der Waals surface area contributed by atoms with Crippen molar-refractivity contribution in [2.45, 2.75) is 0 Å². The molecule has 4 N–H and O–H groups in total. The quantitative estimate of drug-likeness (QED) is 0.769. The van der Waals surface area contributed by atoms with Crippen molar-refractivity contribution in [2.75, 3.05) is 25.3 Å². The number of aromatic nitrogens is 2. The van der Waals surface area contributed by atoms with E-state index in [4.69, 9.17) is 15.2 Å². The molecule has 2 rings (SSSR count). The fourth-order valence-electron chi connectivity index (χ4n) is 1.57. The first-order chi connectivity index (χ1) is 9.15. The largest absolute Gasteiger partial charge is 0.497 e. The van der Waals surface area contributed by atoms with E-state index in [0.717, 1.165) is 0 Å². The molecular formula is C12H14N4O3. The maximum Gasteiger partial charge on any atom is 0.275 e. The Morgan fingerprint density at radius 2 is 2.16 bits per heavy atom. The van der Waals surface area contributed by atoms with Crippen LogP contribution in [0.1, 0.15) is 10.5 Å². The van der Waals surface area contributed by atoms with Gasteiger partial charge in [0.15, 0.2) is 0 Å². The van der Waals surface area contributed by atoms with E-state index >= 15 is 0 Å². The predicted molar refractivity (Wildman–Crippen MR) is 70.5 cm³/mol. The van der Waals surface area contributed by atoms with Crippen molar-refractivity contribution in [2.24, 2.45) is 0 Å². The second-order valence-corrected chi connectivity index (χ2v) is 3.72. The third-order valence-corrected chi connectivity index (χ3v) is 2.55. The lowest BCUT2D eigenvalue weighted by Gasteiger charge is -2.11. The summed E-state index contributed by atoms with van der Waals surface area (Å²) >= 11 is 0. The van der Waals surface area contributed by atoms with Crippen molar-refractivity contribution >= 4 is 17.3 Å². The van der Waals surface area contributed by atoms with Crippen LogP contribution >= 0.6 is 0 Å². The summed E-state index contributed by atoms with van der Waals surface area (Å²) in [5.74, 6) is 0.725. The molecule has 7 heteroatoms. The highest BCUT2D eigenvalue weighted by Crippen LogP contribution is 2.29. The number of benzene rings is 1. The highest BCUT2D eigenvalue weighted by molar-refractivity contribution is 6.06. The van der Waals surface area contributed by atoms with Gasteiger partial charge in [-0.05, 0) is 12.1 Å². The van der Waals surface area contributed by atoms with E-state index in [1.807, 2.05) is 0 Å². The fraction of sp³-hybridized carbons (Fsp3) is 0.167. The van der Waals surface area contributed by atoms with Gasteiger partial charge in [0.2, 0.25) is 0 Å². The molecule has 0 atom stereocenters. The van der Waals surface area contributed by atoms with E-state index in [2.05, 4.69) is 15.5 Å². The smallest absolute Gasteiger partial charge is 0.275 e. The van der Waals surface area contributed by atoms with Crippen molar-refractivity contribution in [3.63, 3.8) is 0 Å². The Morgan fingerprint density at radius 1 is 1.37 bits per heavy atom. The second-order valence-electron chi connectivity index (χ2n) is 3.72. The molecule has 19 heavy (non-hydrogen) atoms. The van der Waals surface area contributed by atoms with E-state index < -0.39 is 5.91 Å². The van der Waals surface area contributed by atoms with Crippen LogP contribution in [-0.4, -0.2) is 30.3 Å². The Morgan fingerprint density at radius 3 is 2.74 bits per heavy atom. The lowest BCUT2D eigenvalue weighted by atomic mass is 10.2. The molecule has 0 saturated heterocycles. The van der Waals surface area contributed by atoms with Gasteiger partial charge in [-0.1, -0.05) is 0 Å². The summed E-state index contributed by atoms with van der Waals surface area (Å²) in [6, 6.07) is 5.09. The van der Waals surface area contributed by atoms with E-state index in [-0.39, 0.29) is 11.4 Å². The molecule has 1 aromatic heterocycles. The molecule has 0 saturated carbocycles. The van der Waals surface area contributed by atoms with Gasteiger partial charge in [-0.25, -0.2) is 0 Å². The Labute approximate surface area is 109 Å². The number of nitrogens with zero attached hydrogens (tertiary/aromatic N) is 1. The molecule has 100 valence electrons. The van der Waals surface area contributed by atoms with Gasteiger partial charge >= 0.3 is 0 Å². The van der Waals surface area contributed by atoms with Crippen molar-refractivity contribution in [1.29, 1.82) is 0 Å². The summed E-state index contributed by atoms with van der Waals surface area (Å²) < 4.78 is 10.3. The number of carbonyl (C=O) groups excluding carboxylic acids is 1. The van der Waals surface area contributed by atoms with Gasteiger partial charge in [0.05, 0.1) is 31.8 Å². The molecule has 0 aliphatic rings. The van der Waals surface area contributed by atoms with Crippen LogP contribution in [0.5, 0.6) is 11.5 Å². The lowest BCUT2D eigenvalue weighted by Crippen LogP contribution is -2.14. The summed E-state index contributed by atoms with van der Waals surface area (Å²) in [7, 11) is 3.06. The first-order valence-electron chi connectivity index (χ1n) is 5.48. The maximum atomic E-state index is 12.0.